The van der Waals surface area contributed by atoms with Crippen molar-refractivity contribution in [2.24, 2.45) is 0 Å². The summed E-state index contributed by atoms with van der Waals surface area (Å²) in [6.07, 6.45) is 3.90. The summed E-state index contributed by atoms with van der Waals surface area (Å²) in [6, 6.07) is 0. The van der Waals surface area contributed by atoms with E-state index in [1.807, 2.05) is 0 Å². The van der Waals surface area contributed by atoms with Crippen molar-refractivity contribution in [3.63, 3.8) is 0 Å². The second-order valence-corrected chi connectivity index (χ2v) is 12.7. The number of carbonyl (C=O) groups excluding carboxylic acids is 3. The molecule has 274 valence electrons. The summed E-state index contributed by atoms with van der Waals surface area (Å²) in [7, 11) is 0. The van der Waals surface area contributed by atoms with Crippen LogP contribution in [0.5, 0.6) is 0 Å². The molecule has 13 heteroatoms. The molecule has 47 heavy (non-hydrogen) atoms. The molecule has 0 saturated carbocycles. The van der Waals surface area contributed by atoms with Crippen LogP contribution in [0.3, 0.4) is 0 Å². The molecule has 2 aliphatic rings. The topological polar surface area (TPSA) is 177 Å². The Balaban J connectivity index is 1.95. The van der Waals surface area contributed by atoms with Crippen molar-refractivity contribution in [3.8, 4) is 0 Å². The van der Waals surface area contributed by atoms with Crippen molar-refractivity contribution in [1.82, 2.24) is 0 Å². The van der Waals surface area contributed by atoms with Gasteiger partial charge in [0.1, 0.15) is 24.4 Å². The molecule has 3 N–H and O–H groups in total. The Kier molecular flexibility index (Phi) is 20.0. The lowest BCUT2D eigenvalue weighted by Gasteiger charge is -2.47. The van der Waals surface area contributed by atoms with E-state index < -0.39 is 85.9 Å². The van der Waals surface area contributed by atoms with E-state index in [4.69, 9.17) is 33.2 Å². The number of aliphatic hydroxyl groups is 3. The second-order valence-electron chi connectivity index (χ2n) is 12.7. The number of carbonyl (C=O) groups is 3. The van der Waals surface area contributed by atoms with Crippen molar-refractivity contribution < 1.29 is 62.9 Å². The fourth-order valence-corrected chi connectivity index (χ4v) is 6.07. The third-order valence-electron chi connectivity index (χ3n) is 8.53. The van der Waals surface area contributed by atoms with Crippen molar-refractivity contribution in [1.29, 1.82) is 0 Å². The number of hydrogen-bond acceptors (Lipinski definition) is 13. The maximum Gasteiger partial charge on any atom is 0.303 e. The first-order valence-corrected chi connectivity index (χ1v) is 17.6. The van der Waals surface area contributed by atoms with Crippen molar-refractivity contribution in [3.05, 3.63) is 0 Å². The van der Waals surface area contributed by atoms with Gasteiger partial charge < -0.3 is 48.5 Å². The summed E-state index contributed by atoms with van der Waals surface area (Å²) in [5.74, 6) is -2.16. The molecule has 2 saturated heterocycles. The number of hydrogen-bond donors (Lipinski definition) is 3. The van der Waals surface area contributed by atoms with Crippen LogP contribution in [-0.2, 0) is 47.5 Å². The summed E-state index contributed by atoms with van der Waals surface area (Å²) in [5, 5.41) is 31.4. The van der Waals surface area contributed by atoms with Crippen LogP contribution in [0.4, 0.5) is 0 Å². The zero-order valence-corrected chi connectivity index (χ0v) is 29.0. The smallest absolute Gasteiger partial charge is 0.303 e. The molecule has 0 aromatic carbocycles. The third-order valence-corrected chi connectivity index (χ3v) is 8.53. The molecule has 2 rings (SSSR count). The van der Waals surface area contributed by atoms with Gasteiger partial charge in [-0.05, 0) is 13.3 Å². The van der Waals surface area contributed by atoms with Gasteiger partial charge in [0.2, 0.25) is 0 Å². The number of aliphatic hydroxyl groups excluding tert-OH is 3. The molecule has 2 heterocycles. The van der Waals surface area contributed by atoms with Gasteiger partial charge in [0.15, 0.2) is 30.9 Å². The van der Waals surface area contributed by atoms with Crippen LogP contribution >= 0.6 is 0 Å². The first-order chi connectivity index (χ1) is 22.5. The summed E-state index contributed by atoms with van der Waals surface area (Å²) in [5.41, 5.74) is 0. The van der Waals surface area contributed by atoms with E-state index in [0.717, 1.165) is 39.5 Å². The highest BCUT2D eigenvalue weighted by Gasteiger charge is 2.54. The van der Waals surface area contributed by atoms with Gasteiger partial charge in [-0.3, -0.25) is 14.4 Å². The largest absolute Gasteiger partial charge is 0.456 e. The molecule has 0 aliphatic carbocycles. The van der Waals surface area contributed by atoms with E-state index in [2.05, 4.69) is 6.92 Å². The zero-order valence-electron chi connectivity index (χ0n) is 29.0. The van der Waals surface area contributed by atoms with E-state index >= 15 is 0 Å². The Bertz CT molecular complexity index is 901. The van der Waals surface area contributed by atoms with Crippen LogP contribution in [0.15, 0.2) is 0 Å². The second kappa shape index (κ2) is 22.7. The van der Waals surface area contributed by atoms with E-state index in [1.54, 1.807) is 6.92 Å². The van der Waals surface area contributed by atoms with Crippen LogP contribution in [0.25, 0.3) is 0 Å². The van der Waals surface area contributed by atoms with E-state index in [9.17, 15) is 29.7 Å². The lowest BCUT2D eigenvalue weighted by atomic mass is 9.97. The quantitative estimate of drug-likeness (QED) is 0.0857. The van der Waals surface area contributed by atoms with Crippen LogP contribution in [0.1, 0.15) is 125 Å². The summed E-state index contributed by atoms with van der Waals surface area (Å²) in [4.78, 5) is 35.9. The minimum atomic E-state index is -1.59. The Morgan fingerprint density at radius 1 is 0.596 bits per heavy atom. The molecule has 0 radical (unpaired) electrons. The molecule has 2 aliphatic heterocycles. The van der Waals surface area contributed by atoms with Gasteiger partial charge in [-0.1, -0.05) is 90.4 Å². The number of esters is 3. The average molecular weight is 677 g/mol. The molecule has 0 bridgehead atoms. The fraction of sp³-hybridized carbons (Fsp3) is 0.912. The normalized spacial score (nSPS) is 30.9. The van der Waals surface area contributed by atoms with E-state index in [0.29, 0.717) is 0 Å². The van der Waals surface area contributed by atoms with Crippen LogP contribution in [0.2, 0.25) is 0 Å². The van der Waals surface area contributed by atoms with Crippen molar-refractivity contribution in [2.45, 2.75) is 186 Å². The predicted octanol–water partition coefficient (Wildman–Crippen LogP) is 3.85. The third kappa shape index (κ3) is 14.6. The lowest BCUT2D eigenvalue weighted by Crippen LogP contribution is -2.65. The molecule has 13 nitrogen and oxygen atoms in total. The van der Waals surface area contributed by atoms with Gasteiger partial charge in [0, 0.05) is 27.4 Å². The van der Waals surface area contributed by atoms with Gasteiger partial charge in [-0.15, -0.1) is 0 Å². The number of ether oxygens (including phenoxy) is 7. The fourth-order valence-electron chi connectivity index (χ4n) is 6.07. The highest BCUT2D eigenvalue weighted by atomic mass is 16.8. The minimum Gasteiger partial charge on any atom is -0.456 e. The Hall–Kier alpha value is -1.87. The Morgan fingerprint density at radius 2 is 1.06 bits per heavy atom. The Morgan fingerprint density at radius 3 is 1.55 bits per heavy atom. The summed E-state index contributed by atoms with van der Waals surface area (Å²) >= 11 is 0. The van der Waals surface area contributed by atoms with Gasteiger partial charge in [0.25, 0.3) is 0 Å². The number of unbranched alkanes of at least 4 members (excludes halogenated alkanes) is 13. The maximum atomic E-state index is 12.1. The van der Waals surface area contributed by atoms with Crippen molar-refractivity contribution >= 4 is 17.9 Å². The highest BCUT2D eigenvalue weighted by Crippen LogP contribution is 2.33. The molecule has 0 amide bonds. The molecule has 0 aromatic heterocycles. The summed E-state index contributed by atoms with van der Waals surface area (Å²) < 4.78 is 39.9. The predicted molar refractivity (Wildman–Crippen MR) is 170 cm³/mol. The summed E-state index contributed by atoms with van der Waals surface area (Å²) in [6.45, 7) is 6.95. The molecule has 10 atom stereocenters. The SMILES string of the molecule is CCCCCCCCCCCCCCCCO[C@@H]1O[C@H](CO)[C@@H](O)[C@H](O)[C@H]1O[C@@H]1O[C@@H](C)[C@H](OC(C)=O)[C@@H](OC(C)=O)[C@H]1OC(C)=O. The van der Waals surface area contributed by atoms with Crippen LogP contribution < -0.4 is 0 Å². The first-order valence-electron chi connectivity index (χ1n) is 17.6. The zero-order chi connectivity index (χ0) is 34.8. The molecule has 0 aromatic rings. The van der Waals surface area contributed by atoms with Crippen molar-refractivity contribution in [2.75, 3.05) is 13.2 Å². The van der Waals surface area contributed by atoms with E-state index in [-0.39, 0.29) is 6.61 Å². The first kappa shape index (κ1) is 41.3. The average Bonchev–Trinajstić information content (AvgIpc) is 3.01. The molecule has 0 unspecified atom stereocenters. The van der Waals surface area contributed by atoms with Crippen LogP contribution in [0, 0.1) is 0 Å². The Labute approximate surface area is 279 Å². The molecule has 0 spiro atoms. The molecule has 2 fully saturated rings. The minimum absolute atomic E-state index is 0.267. The number of rotatable bonds is 22. The monoisotopic (exact) mass is 676 g/mol. The maximum absolute atomic E-state index is 12.1. The lowest BCUT2D eigenvalue weighted by molar-refractivity contribution is -0.365. The van der Waals surface area contributed by atoms with Gasteiger partial charge in [-0.25, -0.2) is 0 Å². The molecular weight excluding hydrogens is 616 g/mol. The van der Waals surface area contributed by atoms with Gasteiger partial charge >= 0.3 is 17.9 Å². The standard InChI is InChI=1S/C34H60O13/c1-6-7-8-9-10-11-12-13-14-15-16-17-18-19-20-41-33-30(28(40)27(39)26(21-35)46-33)47-34-32(45-25(5)38)31(44-24(4)37)29(22(2)42-34)43-23(3)36/h22,26-35,39-40H,6-21H2,1-5H3/t22-,26+,27+,28-,29-,30+,31+,32+,33+,34-/m0/s1. The highest BCUT2D eigenvalue weighted by molar-refractivity contribution is 5.68. The van der Waals surface area contributed by atoms with E-state index in [1.165, 1.54) is 71.1 Å². The van der Waals surface area contributed by atoms with Gasteiger partial charge in [-0.2, -0.15) is 0 Å². The van der Waals surface area contributed by atoms with Crippen LogP contribution in [-0.4, -0.2) is 108 Å². The van der Waals surface area contributed by atoms with Gasteiger partial charge in [0.05, 0.1) is 12.7 Å². The molecular formula is C34H60O13.